The number of carboxylic acids is 1. The Morgan fingerprint density at radius 2 is 1.93 bits per heavy atom. The molecule has 9 heteroatoms. The largest absolute Gasteiger partial charge is 0.508 e. The number of carbonyl (C=O) groups is 2. The van der Waals surface area contributed by atoms with Crippen molar-refractivity contribution in [3.05, 3.63) is 52.9 Å². The average Bonchev–Trinajstić information content (AvgIpc) is 3.07. The summed E-state index contributed by atoms with van der Waals surface area (Å²) in [6.07, 6.45) is 1.68. The molecule has 2 aromatic rings. The second-order valence-corrected chi connectivity index (χ2v) is 6.99. The molecule has 1 amide bonds. The van der Waals surface area contributed by atoms with Gasteiger partial charge in [0.1, 0.15) is 5.75 Å². The van der Waals surface area contributed by atoms with Crippen LogP contribution in [0.15, 0.2) is 52.4 Å². The van der Waals surface area contributed by atoms with Gasteiger partial charge in [-0.05, 0) is 59.8 Å². The first-order valence-electron chi connectivity index (χ1n) is 8.45. The number of hydrogen-bond donors (Lipinski definition) is 2. The molecule has 1 aliphatic rings. The monoisotopic (exact) mass is 414 g/mol. The minimum Gasteiger partial charge on any atom is -0.508 e. The average molecular weight is 414 g/mol. The fourth-order valence-electron chi connectivity index (χ4n) is 2.51. The Morgan fingerprint density at radius 1 is 1.21 bits per heavy atom. The van der Waals surface area contributed by atoms with Crippen LogP contribution in [0.3, 0.4) is 0 Å². The van der Waals surface area contributed by atoms with Crippen molar-refractivity contribution in [1.82, 2.24) is 0 Å². The van der Waals surface area contributed by atoms with E-state index in [9.17, 15) is 14.7 Å². The number of amides is 1. The summed E-state index contributed by atoms with van der Waals surface area (Å²) in [6, 6.07) is 11.5. The highest BCUT2D eigenvalue weighted by atomic mass is 32.2. The highest BCUT2D eigenvalue weighted by molar-refractivity contribution is 8.18. The van der Waals surface area contributed by atoms with E-state index < -0.39 is 12.6 Å². The Kier molecular flexibility index (Phi) is 6.08. The van der Waals surface area contributed by atoms with Crippen molar-refractivity contribution in [2.24, 2.45) is 4.99 Å². The highest BCUT2D eigenvalue weighted by Crippen LogP contribution is 2.34. The number of hydrogen-bond acceptors (Lipinski definition) is 7. The van der Waals surface area contributed by atoms with Crippen LogP contribution in [0.25, 0.3) is 6.08 Å². The zero-order chi connectivity index (χ0) is 21.0. The summed E-state index contributed by atoms with van der Waals surface area (Å²) in [5.41, 5.74) is 1.47. The molecule has 0 atom stereocenters. The summed E-state index contributed by atoms with van der Waals surface area (Å²) in [4.78, 5) is 29.3. The van der Waals surface area contributed by atoms with Crippen LogP contribution in [0.5, 0.6) is 17.2 Å². The van der Waals surface area contributed by atoms with E-state index in [0.29, 0.717) is 27.1 Å². The van der Waals surface area contributed by atoms with Crippen LogP contribution in [0.1, 0.15) is 5.56 Å². The first kappa shape index (κ1) is 20.3. The van der Waals surface area contributed by atoms with Crippen molar-refractivity contribution in [2.75, 3.05) is 25.7 Å². The fourth-order valence-corrected chi connectivity index (χ4v) is 3.41. The minimum atomic E-state index is -1.09. The maximum Gasteiger partial charge on any atom is 0.341 e. The highest BCUT2D eigenvalue weighted by Gasteiger charge is 2.25. The lowest BCUT2D eigenvalue weighted by Crippen LogP contribution is -2.21. The number of aromatic hydroxyl groups is 1. The number of carbonyl (C=O) groups excluding carboxylic acids is 1. The standard InChI is InChI=1S/C20H18N2O6S/c1-22(13-4-6-14(23)7-5-13)20-21-19(26)17(29-20)10-12-3-8-15(16(9-12)27-2)28-11-18(24)25/h3-10,23H,11H2,1-2H3,(H,24,25)/b17-10-. The first-order chi connectivity index (χ1) is 13.9. The van der Waals surface area contributed by atoms with Crippen LogP contribution < -0.4 is 14.4 Å². The van der Waals surface area contributed by atoms with Gasteiger partial charge in [0, 0.05) is 12.7 Å². The van der Waals surface area contributed by atoms with E-state index in [1.807, 2.05) is 0 Å². The van der Waals surface area contributed by atoms with Gasteiger partial charge in [0.05, 0.1) is 12.0 Å². The molecule has 1 heterocycles. The van der Waals surface area contributed by atoms with Gasteiger partial charge in [0.2, 0.25) is 0 Å². The smallest absolute Gasteiger partial charge is 0.341 e. The number of anilines is 1. The number of thioether (sulfide) groups is 1. The molecule has 0 saturated carbocycles. The number of rotatable bonds is 6. The molecule has 0 aliphatic carbocycles. The number of phenolic OH excluding ortho intramolecular Hbond substituents is 1. The molecule has 0 unspecified atom stereocenters. The maximum atomic E-state index is 12.3. The molecule has 3 rings (SSSR count). The summed E-state index contributed by atoms with van der Waals surface area (Å²) in [5, 5.41) is 18.7. The molecule has 0 aromatic heterocycles. The third kappa shape index (κ3) is 4.88. The van der Waals surface area contributed by atoms with Gasteiger partial charge in [0.25, 0.3) is 5.91 Å². The number of carboxylic acid groups (broad SMARTS) is 1. The van der Waals surface area contributed by atoms with Crippen molar-refractivity contribution < 1.29 is 29.3 Å². The summed E-state index contributed by atoms with van der Waals surface area (Å²) in [6.45, 7) is -0.480. The van der Waals surface area contributed by atoms with Crippen molar-refractivity contribution in [3.8, 4) is 17.2 Å². The number of aliphatic carboxylic acids is 1. The predicted octanol–water partition coefficient (Wildman–Crippen LogP) is 2.97. The fraction of sp³-hybridized carbons (Fsp3) is 0.150. The molecule has 150 valence electrons. The van der Waals surface area contributed by atoms with Crippen LogP contribution in [-0.4, -0.2) is 48.0 Å². The Labute approximate surface area is 171 Å². The number of amidine groups is 1. The summed E-state index contributed by atoms with van der Waals surface area (Å²) >= 11 is 1.23. The number of nitrogens with zero attached hydrogens (tertiary/aromatic N) is 2. The zero-order valence-corrected chi connectivity index (χ0v) is 16.5. The van der Waals surface area contributed by atoms with E-state index in [2.05, 4.69) is 4.99 Å². The number of benzene rings is 2. The van der Waals surface area contributed by atoms with Gasteiger partial charge in [-0.15, -0.1) is 0 Å². The molecule has 0 saturated heterocycles. The van der Waals surface area contributed by atoms with Crippen LogP contribution in [-0.2, 0) is 9.59 Å². The summed E-state index contributed by atoms with van der Waals surface area (Å²) in [7, 11) is 3.23. The van der Waals surface area contributed by atoms with Crippen LogP contribution >= 0.6 is 11.8 Å². The van der Waals surface area contributed by atoms with Gasteiger partial charge in [-0.3, -0.25) is 4.79 Å². The van der Waals surface area contributed by atoms with E-state index >= 15 is 0 Å². The van der Waals surface area contributed by atoms with E-state index in [0.717, 1.165) is 5.69 Å². The molecule has 0 radical (unpaired) electrons. The number of phenols is 1. The molecule has 0 fully saturated rings. The van der Waals surface area contributed by atoms with Gasteiger partial charge >= 0.3 is 5.97 Å². The lowest BCUT2D eigenvalue weighted by molar-refractivity contribution is -0.139. The van der Waals surface area contributed by atoms with Crippen LogP contribution in [0, 0.1) is 0 Å². The Balaban J connectivity index is 1.77. The first-order valence-corrected chi connectivity index (χ1v) is 9.27. The molecule has 29 heavy (non-hydrogen) atoms. The normalized spacial score (nSPS) is 14.6. The number of ether oxygens (including phenoxy) is 2. The second-order valence-electron chi connectivity index (χ2n) is 5.98. The maximum absolute atomic E-state index is 12.3. The van der Waals surface area contributed by atoms with E-state index in [-0.39, 0.29) is 11.7 Å². The van der Waals surface area contributed by atoms with E-state index in [4.69, 9.17) is 14.6 Å². The minimum absolute atomic E-state index is 0.157. The van der Waals surface area contributed by atoms with Crippen molar-refractivity contribution in [3.63, 3.8) is 0 Å². The van der Waals surface area contributed by atoms with Crippen molar-refractivity contribution >= 4 is 40.6 Å². The second kappa shape index (κ2) is 8.70. The number of methoxy groups -OCH3 is 1. The molecule has 0 spiro atoms. The molecule has 2 aromatic carbocycles. The van der Waals surface area contributed by atoms with Gasteiger partial charge in [-0.25, -0.2) is 4.79 Å². The zero-order valence-electron chi connectivity index (χ0n) is 15.7. The van der Waals surface area contributed by atoms with Crippen LogP contribution in [0.4, 0.5) is 5.69 Å². The Morgan fingerprint density at radius 3 is 2.59 bits per heavy atom. The lowest BCUT2D eigenvalue weighted by Gasteiger charge is -2.17. The predicted molar refractivity (Wildman–Crippen MR) is 111 cm³/mol. The van der Waals surface area contributed by atoms with E-state index in [1.165, 1.54) is 18.9 Å². The van der Waals surface area contributed by atoms with Crippen molar-refractivity contribution in [1.29, 1.82) is 0 Å². The topological polar surface area (TPSA) is 109 Å². The van der Waals surface area contributed by atoms with Gasteiger partial charge in [-0.2, -0.15) is 4.99 Å². The Hall–Kier alpha value is -3.46. The summed E-state index contributed by atoms with van der Waals surface area (Å²) in [5.74, 6) is -0.635. The molecule has 2 N–H and O–H groups in total. The molecule has 8 nitrogen and oxygen atoms in total. The molecular formula is C20H18N2O6S. The van der Waals surface area contributed by atoms with Gasteiger partial charge in [0.15, 0.2) is 23.3 Å². The third-order valence-electron chi connectivity index (χ3n) is 3.97. The quantitative estimate of drug-likeness (QED) is 0.695. The third-order valence-corrected chi connectivity index (χ3v) is 5.03. The van der Waals surface area contributed by atoms with Gasteiger partial charge < -0.3 is 24.6 Å². The Bertz CT molecular complexity index is 1000. The number of aliphatic imine (C=N–C) groups is 1. The molecule has 1 aliphatic heterocycles. The van der Waals surface area contributed by atoms with Crippen LogP contribution in [0.2, 0.25) is 0 Å². The van der Waals surface area contributed by atoms with E-state index in [1.54, 1.807) is 60.5 Å². The van der Waals surface area contributed by atoms with Gasteiger partial charge in [-0.1, -0.05) is 6.07 Å². The van der Waals surface area contributed by atoms with Crippen molar-refractivity contribution in [2.45, 2.75) is 0 Å². The summed E-state index contributed by atoms with van der Waals surface area (Å²) < 4.78 is 10.4. The molecule has 0 bridgehead atoms. The molecular weight excluding hydrogens is 396 g/mol. The SMILES string of the molecule is COc1cc(/C=C2\SC(N(C)c3ccc(O)cc3)=NC2=O)ccc1OCC(=O)O. The lowest BCUT2D eigenvalue weighted by atomic mass is 10.2.